The van der Waals surface area contributed by atoms with E-state index in [-0.39, 0.29) is 18.1 Å². The summed E-state index contributed by atoms with van der Waals surface area (Å²) < 4.78 is 5.59. The fourth-order valence-corrected chi connectivity index (χ4v) is 3.21. The number of pyridine rings is 1. The third-order valence-electron chi connectivity index (χ3n) is 4.51. The highest BCUT2D eigenvalue weighted by molar-refractivity contribution is 5.91. The number of amides is 1. The van der Waals surface area contributed by atoms with Crippen molar-refractivity contribution in [1.82, 2.24) is 10.3 Å². The van der Waals surface area contributed by atoms with Crippen LogP contribution in [0.25, 0.3) is 0 Å². The summed E-state index contributed by atoms with van der Waals surface area (Å²) in [5.41, 5.74) is 0.798. The smallest absolute Gasteiger partial charge is 0.224 e. The zero-order valence-corrected chi connectivity index (χ0v) is 12.7. The SMILES string of the molecule is O=C(CC1Oc2ncccc2CC1=O)NCC1CCCCC1. The Morgan fingerprint density at radius 2 is 2.14 bits per heavy atom. The molecule has 1 aliphatic carbocycles. The predicted octanol–water partition coefficient (Wildman–Crippen LogP) is 2.04. The Labute approximate surface area is 130 Å². The molecule has 0 bridgehead atoms. The van der Waals surface area contributed by atoms with Crippen molar-refractivity contribution in [3.63, 3.8) is 0 Å². The van der Waals surface area contributed by atoms with Gasteiger partial charge in [0.25, 0.3) is 0 Å². The fourth-order valence-electron chi connectivity index (χ4n) is 3.21. The van der Waals surface area contributed by atoms with Crippen LogP contribution in [-0.4, -0.2) is 29.3 Å². The van der Waals surface area contributed by atoms with Gasteiger partial charge in [0, 0.05) is 24.7 Å². The summed E-state index contributed by atoms with van der Waals surface area (Å²) in [6.07, 6.45) is 7.52. The zero-order valence-electron chi connectivity index (χ0n) is 12.7. The molecule has 0 radical (unpaired) electrons. The summed E-state index contributed by atoms with van der Waals surface area (Å²) in [5.74, 6) is 0.909. The number of Topliss-reactive ketones (excluding diaryl/α,β-unsaturated/α-hetero) is 1. The van der Waals surface area contributed by atoms with Crippen molar-refractivity contribution in [1.29, 1.82) is 0 Å². The first kappa shape index (κ1) is 15.0. The molecule has 2 heterocycles. The van der Waals surface area contributed by atoms with Crippen LogP contribution in [0.3, 0.4) is 0 Å². The molecular formula is C17H22N2O3. The van der Waals surface area contributed by atoms with Crippen molar-refractivity contribution < 1.29 is 14.3 Å². The predicted molar refractivity (Wildman–Crippen MR) is 81.6 cm³/mol. The van der Waals surface area contributed by atoms with Crippen LogP contribution in [0.1, 0.15) is 44.1 Å². The van der Waals surface area contributed by atoms with Crippen molar-refractivity contribution in [2.24, 2.45) is 5.92 Å². The number of hydrogen-bond acceptors (Lipinski definition) is 4. The number of rotatable bonds is 4. The minimum Gasteiger partial charge on any atom is -0.466 e. The van der Waals surface area contributed by atoms with Gasteiger partial charge >= 0.3 is 0 Å². The van der Waals surface area contributed by atoms with E-state index in [9.17, 15) is 9.59 Å². The van der Waals surface area contributed by atoms with Crippen LogP contribution in [0, 0.1) is 5.92 Å². The highest BCUT2D eigenvalue weighted by Gasteiger charge is 2.30. The largest absolute Gasteiger partial charge is 0.466 e. The molecule has 22 heavy (non-hydrogen) atoms. The van der Waals surface area contributed by atoms with Gasteiger partial charge in [-0.2, -0.15) is 0 Å². The molecule has 1 amide bonds. The maximum atomic E-state index is 12.1. The minimum atomic E-state index is -0.700. The highest BCUT2D eigenvalue weighted by atomic mass is 16.5. The van der Waals surface area contributed by atoms with Crippen LogP contribution >= 0.6 is 0 Å². The van der Waals surface area contributed by atoms with Gasteiger partial charge in [-0.15, -0.1) is 0 Å². The second-order valence-corrected chi connectivity index (χ2v) is 6.23. The highest BCUT2D eigenvalue weighted by Crippen LogP contribution is 2.25. The normalized spacial score (nSPS) is 21.8. The lowest BCUT2D eigenvalue weighted by Crippen LogP contribution is -2.40. The van der Waals surface area contributed by atoms with Gasteiger partial charge < -0.3 is 10.1 Å². The monoisotopic (exact) mass is 302 g/mol. The number of aromatic nitrogens is 1. The molecule has 1 aromatic heterocycles. The van der Waals surface area contributed by atoms with E-state index in [1.165, 1.54) is 32.1 Å². The molecule has 1 aromatic rings. The third-order valence-corrected chi connectivity index (χ3v) is 4.51. The summed E-state index contributed by atoms with van der Waals surface area (Å²) in [6, 6.07) is 3.62. The topological polar surface area (TPSA) is 68.3 Å². The average molecular weight is 302 g/mol. The van der Waals surface area contributed by atoms with Gasteiger partial charge in [-0.25, -0.2) is 4.98 Å². The van der Waals surface area contributed by atoms with Crippen LogP contribution in [0.2, 0.25) is 0 Å². The van der Waals surface area contributed by atoms with Gasteiger partial charge in [0.05, 0.1) is 6.42 Å². The van der Waals surface area contributed by atoms with Gasteiger partial charge in [-0.05, 0) is 24.8 Å². The fraction of sp³-hybridized carbons (Fsp3) is 0.588. The maximum Gasteiger partial charge on any atom is 0.224 e. The molecule has 3 rings (SSSR count). The molecule has 1 saturated carbocycles. The molecule has 0 saturated heterocycles. The first-order valence-electron chi connectivity index (χ1n) is 8.12. The Hall–Kier alpha value is -1.91. The number of ketones is 1. The molecule has 2 aliphatic rings. The van der Waals surface area contributed by atoms with Gasteiger partial charge in [0.2, 0.25) is 11.8 Å². The van der Waals surface area contributed by atoms with E-state index in [0.29, 0.717) is 24.8 Å². The van der Waals surface area contributed by atoms with Crippen molar-refractivity contribution in [3.8, 4) is 5.88 Å². The van der Waals surface area contributed by atoms with Crippen LogP contribution in [0.5, 0.6) is 5.88 Å². The van der Waals surface area contributed by atoms with Gasteiger partial charge in [-0.1, -0.05) is 25.3 Å². The van der Waals surface area contributed by atoms with Gasteiger partial charge in [-0.3, -0.25) is 9.59 Å². The number of ether oxygens (including phenoxy) is 1. The Bertz CT molecular complexity index is 553. The Kier molecular flexibility index (Phi) is 4.71. The molecule has 1 aliphatic heterocycles. The Morgan fingerprint density at radius 3 is 2.95 bits per heavy atom. The molecule has 1 unspecified atom stereocenters. The number of carbonyl (C=O) groups is 2. The molecule has 0 spiro atoms. The number of nitrogens with zero attached hydrogens (tertiary/aromatic N) is 1. The van der Waals surface area contributed by atoms with Gasteiger partial charge in [0.1, 0.15) is 0 Å². The standard InChI is InChI=1S/C17H22N2O3/c20-14-9-13-7-4-8-18-17(13)22-15(14)10-16(21)19-11-12-5-2-1-3-6-12/h4,7-8,12,15H,1-3,5-6,9-11H2,(H,19,21). The number of fused-ring (bicyclic) bond motifs is 1. The molecule has 5 heteroatoms. The number of nitrogens with one attached hydrogen (secondary N) is 1. The van der Waals surface area contributed by atoms with E-state index in [1.54, 1.807) is 12.3 Å². The van der Waals surface area contributed by atoms with E-state index in [1.807, 2.05) is 6.07 Å². The zero-order chi connectivity index (χ0) is 15.4. The minimum absolute atomic E-state index is 0.0479. The van der Waals surface area contributed by atoms with E-state index in [0.717, 1.165) is 5.56 Å². The van der Waals surface area contributed by atoms with Crippen molar-refractivity contribution in [2.45, 2.75) is 51.0 Å². The lowest BCUT2D eigenvalue weighted by atomic mass is 9.89. The molecule has 1 atom stereocenters. The lowest BCUT2D eigenvalue weighted by Gasteiger charge is -2.24. The molecule has 1 N–H and O–H groups in total. The molecule has 0 aromatic carbocycles. The Balaban J connectivity index is 1.50. The van der Waals surface area contributed by atoms with E-state index in [2.05, 4.69) is 10.3 Å². The van der Waals surface area contributed by atoms with Crippen molar-refractivity contribution >= 4 is 11.7 Å². The molecule has 5 nitrogen and oxygen atoms in total. The summed E-state index contributed by atoms with van der Waals surface area (Å²) in [4.78, 5) is 28.2. The van der Waals surface area contributed by atoms with E-state index >= 15 is 0 Å². The average Bonchev–Trinajstić information content (AvgIpc) is 2.55. The van der Waals surface area contributed by atoms with Crippen molar-refractivity contribution in [2.75, 3.05) is 6.54 Å². The van der Waals surface area contributed by atoms with E-state index in [4.69, 9.17) is 4.74 Å². The third kappa shape index (κ3) is 3.64. The van der Waals surface area contributed by atoms with Gasteiger partial charge in [0.15, 0.2) is 11.9 Å². The van der Waals surface area contributed by atoms with Crippen LogP contribution in [0.15, 0.2) is 18.3 Å². The summed E-state index contributed by atoms with van der Waals surface area (Å²) in [7, 11) is 0. The second-order valence-electron chi connectivity index (χ2n) is 6.23. The quantitative estimate of drug-likeness (QED) is 0.924. The number of hydrogen-bond donors (Lipinski definition) is 1. The summed E-state index contributed by atoms with van der Waals surface area (Å²) >= 11 is 0. The Morgan fingerprint density at radius 1 is 1.32 bits per heavy atom. The van der Waals surface area contributed by atoms with Crippen molar-refractivity contribution in [3.05, 3.63) is 23.9 Å². The first-order valence-corrected chi connectivity index (χ1v) is 8.12. The summed E-state index contributed by atoms with van der Waals surface area (Å²) in [6.45, 7) is 0.717. The first-order chi connectivity index (χ1) is 10.7. The number of carbonyl (C=O) groups excluding carboxylic acids is 2. The van der Waals surface area contributed by atoms with Crippen LogP contribution < -0.4 is 10.1 Å². The van der Waals surface area contributed by atoms with E-state index < -0.39 is 6.10 Å². The molecular weight excluding hydrogens is 280 g/mol. The van der Waals surface area contributed by atoms with Crippen LogP contribution in [0.4, 0.5) is 0 Å². The second kappa shape index (κ2) is 6.90. The lowest BCUT2D eigenvalue weighted by molar-refractivity contribution is -0.132. The maximum absolute atomic E-state index is 12.1. The molecule has 118 valence electrons. The van der Waals surface area contributed by atoms with Crippen LogP contribution in [-0.2, 0) is 16.0 Å². The summed E-state index contributed by atoms with van der Waals surface area (Å²) in [5, 5.41) is 2.95. The molecule has 1 fully saturated rings.